The van der Waals surface area contributed by atoms with E-state index in [-0.39, 0.29) is 12.5 Å². The molecular formula is C21H20N4O2S. The van der Waals surface area contributed by atoms with Crippen molar-refractivity contribution in [2.45, 2.75) is 6.92 Å². The number of para-hydroxylation sites is 2. The Hall–Kier alpha value is -3.45. The first-order valence-corrected chi connectivity index (χ1v) is 9.54. The summed E-state index contributed by atoms with van der Waals surface area (Å²) < 4.78 is 0. The molecule has 1 heterocycles. The fourth-order valence-electron chi connectivity index (χ4n) is 2.32. The number of hydrogen-bond acceptors (Lipinski definition) is 6. The maximum atomic E-state index is 11.8. The molecular weight excluding hydrogens is 372 g/mol. The Morgan fingerprint density at radius 3 is 2.64 bits per heavy atom. The van der Waals surface area contributed by atoms with Crippen molar-refractivity contribution in [3.63, 3.8) is 0 Å². The maximum Gasteiger partial charge on any atom is 0.280 e. The number of nitrogens with zero attached hydrogens (tertiary/aromatic N) is 2. The van der Waals surface area contributed by atoms with E-state index in [1.807, 2.05) is 79.0 Å². The molecule has 7 heteroatoms. The Labute approximate surface area is 167 Å². The van der Waals surface area contributed by atoms with Gasteiger partial charge in [0.15, 0.2) is 6.61 Å². The van der Waals surface area contributed by atoms with E-state index >= 15 is 0 Å². The predicted molar refractivity (Wildman–Crippen MR) is 114 cm³/mol. The molecule has 2 N–H and O–H groups in total. The van der Waals surface area contributed by atoms with Crippen LogP contribution in [0.3, 0.4) is 0 Å². The highest BCUT2D eigenvalue weighted by atomic mass is 32.1. The molecule has 0 atom stereocenters. The van der Waals surface area contributed by atoms with Gasteiger partial charge in [0.05, 0.1) is 16.8 Å². The van der Waals surface area contributed by atoms with E-state index in [0.717, 1.165) is 27.5 Å². The number of hydrazone groups is 1. The van der Waals surface area contributed by atoms with Gasteiger partial charge in [-0.25, -0.2) is 5.43 Å². The molecule has 0 fully saturated rings. The maximum absolute atomic E-state index is 11.8. The Kier molecular flexibility index (Phi) is 6.92. The second-order valence-corrected chi connectivity index (χ2v) is 6.75. The summed E-state index contributed by atoms with van der Waals surface area (Å²) in [6.45, 7) is 1.63. The second kappa shape index (κ2) is 10.0. The van der Waals surface area contributed by atoms with Crippen LogP contribution in [0.1, 0.15) is 17.4 Å². The van der Waals surface area contributed by atoms with Crippen molar-refractivity contribution >= 4 is 40.5 Å². The summed E-state index contributed by atoms with van der Waals surface area (Å²) in [4.78, 5) is 17.9. The quantitative estimate of drug-likeness (QED) is 0.441. The van der Waals surface area contributed by atoms with Crippen LogP contribution >= 0.6 is 11.3 Å². The van der Waals surface area contributed by atoms with Crippen molar-refractivity contribution in [3.05, 3.63) is 82.6 Å². The topological polar surface area (TPSA) is 75.1 Å². The highest BCUT2D eigenvalue weighted by Crippen LogP contribution is 2.19. The molecule has 6 nitrogen and oxygen atoms in total. The molecule has 0 spiro atoms. The predicted octanol–water partition coefficient (Wildman–Crippen LogP) is 4.38. The molecule has 0 radical (unpaired) electrons. The van der Waals surface area contributed by atoms with Crippen LogP contribution < -0.4 is 10.7 Å². The summed E-state index contributed by atoms with van der Waals surface area (Å²) in [6, 6.07) is 21.4. The zero-order valence-electron chi connectivity index (χ0n) is 15.3. The van der Waals surface area contributed by atoms with E-state index in [9.17, 15) is 4.79 Å². The van der Waals surface area contributed by atoms with Gasteiger partial charge < -0.3 is 10.2 Å². The minimum absolute atomic E-state index is 0.204. The number of hydrogen-bond donors (Lipinski definition) is 2. The Morgan fingerprint density at radius 2 is 1.86 bits per heavy atom. The average molecular weight is 392 g/mol. The molecule has 1 amide bonds. The Balaban J connectivity index is 1.52. The van der Waals surface area contributed by atoms with Crippen molar-refractivity contribution < 1.29 is 9.63 Å². The molecule has 0 aliphatic carbocycles. The zero-order chi connectivity index (χ0) is 19.6. The number of carbonyl (C=O) groups is 1. The van der Waals surface area contributed by atoms with Gasteiger partial charge in [-0.15, -0.1) is 11.3 Å². The molecule has 0 unspecified atom stereocenters. The average Bonchev–Trinajstić information content (AvgIpc) is 3.25. The normalized spacial score (nSPS) is 11.4. The van der Waals surface area contributed by atoms with Crippen molar-refractivity contribution in [2.24, 2.45) is 10.3 Å². The lowest BCUT2D eigenvalue weighted by Crippen LogP contribution is -2.22. The number of benzene rings is 2. The lowest BCUT2D eigenvalue weighted by Gasteiger charge is -2.09. The minimum atomic E-state index is -0.382. The third-order valence-corrected chi connectivity index (χ3v) is 4.66. The van der Waals surface area contributed by atoms with Crippen LogP contribution in [0, 0.1) is 0 Å². The van der Waals surface area contributed by atoms with Crippen molar-refractivity contribution in [1.29, 1.82) is 0 Å². The molecule has 28 heavy (non-hydrogen) atoms. The summed E-state index contributed by atoms with van der Waals surface area (Å²) in [5.41, 5.74) is 5.88. The first kappa shape index (κ1) is 19.3. The van der Waals surface area contributed by atoms with Crippen LogP contribution in [0.2, 0.25) is 0 Å². The molecule has 0 saturated heterocycles. The van der Waals surface area contributed by atoms with Crippen LogP contribution in [0.25, 0.3) is 0 Å². The first-order chi connectivity index (χ1) is 13.7. The molecule has 0 saturated carbocycles. The first-order valence-electron chi connectivity index (χ1n) is 8.66. The highest BCUT2D eigenvalue weighted by Gasteiger charge is 2.03. The van der Waals surface area contributed by atoms with Gasteiger partial charge in [-0.3, -0.25) is 4.79 Å². The fraction of sp³-hybridized carbons (Fsp3) is 0.0952. The van der Waals surface area contributed by atoms with E-state index in [0.29, 0.717) is 0 Å². The molecule has 142 valence electrons. The number of rotatable bonds is 8. The van der Waals surface area contributed by atoms with E-state index < -0.39 is 0 Å². The number of oxime groups is 1. The number of anilines is 2. The standard InChI is InChI=1S/C21H20N4O2S/c1-16(20-12-7-13-28-20)25-27-15-21(26)24-22-14-17-8-5-6-11-19(17)23-18-9-3-2-4-10-18/h2-14,23H,15H2,1H3,(H,24,26)/b22-14+,25-16+. The lowest BCUT2D eigenvalue weighted by molar-refractivity contribution is -0.125. The number of carbonyl (C=O) groups excluding carboxylic acids is 1. The van der Waals surface area contributed by atoms with Gasteiger partial charge in [-0.1, -0.05) is 47.6 Å². The van der Waals surface area contributed by atoms with Gasteiger partial charge in [0.1, 0.15) is 0 Å². The van der Waals surface area contributed by atoms with Gasteiger partial charge in [0.2, 0.25) is 0 Å². The second-order valence-electron chi connectivity index (χ2n) is 5.80. The Bertz CT molecular complexity index is 954. The van der Waals surface area contributed by atoms with E-state index in [1.54, 1.807) is 17.6 Å². The molecule has 3 aromatic rings. The van der Waals surface area contributed by atoms with Crippen LogP contribution in [0.4, 0.5) is 11.4 Å². The Morgan fingerprint density at radius 1 is 1.07 bits per heavy atom. The highest BCUT2D eigenvalue weighted by molar-refractivity contribution is 7.12. The van der Waals surface area contributed by atoms with Gasteiger partial charge in [0.25, 0.3) is 5.91 Å². The van der Waals surface area contributed by atoms with E-state index in [4.69, 9.17) is 4.84 Å². The smallest absolute Gasteiger partial charge is 0.280 e. The molecule has 0 bridgehead atoms. The summed E-state index contributed by atoms with van der Waals surface area (Å²) in [5.74, 6) is -0.382. The van der Waals surface area contributed by atoms with Gasteiger partial charge in [0, 0.05) is 16.9 Å². The molecule has 1 aromatic heterocycles. The van der Waals surface area contributed by atoms with Crippen LogP contribution in [-0.4, -0.2) is 24.4 Å². The zero-order valence-corrected chi connectivity index (χ0v) is 16.1. The summed E-state index contributed by atoms with van der Waals surface area (Å²) in [7, 11) is 0. The van der Waals surface area contributed by atoms with Crippen molar-refractivity contribution in [3.8, 4) is 0 Å². The van der Waals surface area contributed by atoms with Crippen LogP contribution in [0.5, 0.6) is 0 Å². The summed E-state index contributed by atoms with van der Waals surface area (Å²) in [5, 5.41) is 13.2. The van der Waals surface area contributed by atoms with Crippen molar-refractivity contribution in [1.82, 2.24) is 5.43 Å². The van der Waals surface area contributed by atoms with Crippen LogP contribution in [-0.2, 0) is 9.63 Å². The number of nitrogens with one attached hydrogen (secondary N) is 2. The SMILES string of the molecule is C/C(=N\OCC(=O)N/N=C/c1ccccc1Nc1ccccc1)c1cccs1. The van der Waals surface area contributed by atoms with Crippen molar-refractivity contribution in [2.75, 3.05) is 11.9 Å². The minimum Gasteiger partial charge on any atom is -0.385 e. The molecule has 0 aliphatic heterocycles. The number of thiophene rings is 1. The van der Waals surface area contributed by atoms with Crippen LogP contribution in [0.15, 0.2) is 82.4 Å². The lowest BCUT2D eigenvalue weighted by atomic mass is 10.2. The summed E-state index contributed by atoms with van der Waals surface area (Å²) >= 11 is 1.56. The van der Waals surface area contributed by atoms with Gasteiger partial charge in [-0.2, -0.15) is 5.10 Å². The monoisotopic (exact) mass is 392 g/mol. The molecule has 3 rings (SSSR count). The molecule has 2 aromatic carbocycles. The van der Waals surface area contributed by atoms with E-state index in [2.05, 4.69) is 21.0 Å². The third-order valence-electron chi connectivity index (χ3n) is 3.68. The number of amides is 1. The molecule has 0 aliphatic rings. The fourth-order valence-corrected chi connectivity index (χ4v) is 2.99. The van der Waals surface area contributed by atoms with E-state index in [1.165, 1.54) is 0 Å². The third kappa shape index (κ3) is 5.78. The largest absolute Gasteiger partial charge is 0.385 e. The van der Waals surface area contributed by atoms with Gasteiger partial charge in [-0.05, 0) is 36.6 Å². The summed E-state index contributed by atoms with van der Waals surface area (Å²) in [6.07, 6.45) is 1.59. The van der Waals surface area contributed by atoms with Gasteiger partial charge >= 0.3 is 0 Å².